The topological polar surface area (TPSA) is 114 Å². The molecule has 1 atom stereocenters. The summed E-state index contributed by atoms with van der Waals surface area (Å²) >= 11 is 1.25. The van der Waals surface area contributed by atoms with Gasteiger partial charge in [0.2, 0.25) is 0 Å². The van der Waals surface area contributed by atoms with Crippen LogP contribution in [0.15, 0.2) is 72.3 Å². The highest BCUT2D eigenvalue weighted by Crippen LogP contribution is 2.45. The molecule has 2 heterocycles. The maximum atomic E-state index is 13.3. The number of fused-ring (bicyclic) bond motifs is 1. The summed E-state index contributed by atoms with van der Waals surface area (Å²) in [6.07, 6.45) is 0. The molecule has 1 aromatic heterocycles. The van der Waals surface area contributed by atoms with Crippen LogP contribution in [0.5, 0.6) is 0 Å². The molecule has 1 amide bonds. The fourth-order valence-corrected chi connectivity index (χ4v) is 5.54. The number of benzene rings is 3. The van der Waals surface area contributed by atoms with E-state index in [1.165, 1.54) is 34.4 Å². The zero-order valence-corrected chi connectivity index (χ0v) is 19.6. The number of thiazole rings is 1. The zero-order chi connectivity index (χ0) is 24.9. The second-order valence-corrected chi connectivity index (χ2v) is 9.32. The number of carbonyl (C=O) groups excluding carboxylic acids is 2. The van der Waals surface area contributed by atoms with Gasteiger partial charge in [0, 0.05) is 17.7 Å². The van der Waals surface area contributed by atoms with Gasteiger partial charge in [0.1, 0.15) is 5.76 Å². The number of carbonyl (C=O) groups is 2. The fraction of sp³-hybridized carbons (Fsp3) is 0.115. The maximum Gasteiger partial charge on any atom is 0.301 e. The Hall–Kier alpha value is -4.37. The average molecular weight is 486 g/mol. The van der Waals surface area contributed by atoms with Crippen molar-refractivity contribution in [1.82, 2.24) is 4.98 Å². The number of nitro groups is 1. The third-order valence-electron chi connectivity index (χ3n) is 5.91. The first kappa shape index (κ1) is 22.4. The van der Waals surface area contributed by atoms with Crippen LogP contribution in [0.4, 0.5) is 10.8 Å². The van der Waals surface area contributed by atoms with Gasteiger partial charge in [-0.05, 0) is 36.6 Å². The SMILES string of the molecule is Cc1cc(C)c2nc(N3C(=O)C(=O)C(=C(O)c4ccccc4)C3c3cccc([N+](=O)[O-])c3)sc2c1. The molecule has 9 heteroatoms. The second kappa shape index (κ2) is 8.44. The van der Waals surface area contributed by atoms with Gasteiger partial charge >= 0.3 is 5.91 Å². The molecule has 8 nitrogen and oxygen atoms in total. The number of aliphatic hydroxyl groups excluding tert-OH is 1. The van der Waals surface area contributed by atoms with Crippen molar-refractivity contribution in [2.75, 3.05) is 4.90 Å². The highest BCUT2D eigenvalue weighted by Gasteiger charge is 2.48. The number of hydrogen-bond acceptors (Lipinski definition) is 7. The third-order valence-corrected chi connectivity index (χ3v) is 6.91. The standard InChI is InChI=1S/C26H19N3O5S/c1-14-11-15(2)21-19(12-14)35-26(27-21)28-22(17-9-6-10-18(13-17)29(33)34)20(24(31)25(28)32)23(30)16-7-4-3-5-8-16/h3-13,22,30H,1-2H3. The molecule has 1 fully saturated rings. The fourth-order valence-electron chi connectivity index (χ4n) is 4.37. The van der Waals surface area contributed by atoms with Crippen molar-refractivity contribution in [3.8, 4) is 0 Å². The van der Waals surface area contributed by atoms with Gasteiger partial charge in [-0.1, -0.05) is 59.9 Å². The number of aromatic nitrogens is 1. The lowest BCUT2D eigenvalue weighted by atomic mass is 9.95. The molecule has 5 rings (SSSR count). The predicted octanol–water partition coefficient (Wildman–Crippen LogP) is 5.45. The number of rotatable bonds is 4. The Morgan fingerprint density at radius 1 is 1.06 bits per heavy atom. The number of nitrogens with zero attached hydrogens (tertiary/aromatic N) is 3. The van der Waals surface area contributed by atoms with Crippen LogP contribution in [0.1, 0.15) is 28.3 Å². The van der Waals surface area contributed by atoms with E-state index in [0.717, 1.165) is 15.8 Å². The van der Waals surface area contributed by atoms with Gasteiger partial charge < -0.3 is 5.11 Å². The van der Waals surface area contributed by atoms with Crippen molar-refractivity contribution in [3.05, 3.63) is 105 Å². The van der Waals surface area contributed by atoms with E-state index in [9.17, 15) is 24.8 Å². The molecule has 1 unspecified atom stereocenters. The van der Waals surface area contributed by atoms with Crippen LogP contribution >= 0.6 is 11.3 Å². The minimum Gasteiger partial charge on any atom is -0.507 e. The highest BCUT2D eigenvalue weighted by molar-refractivity contribution is 7.22. The number of amides is 1. The number of hydrogen-bond donors (Lipinski definition) is 1. The predicted molar refractivity (Wildman–Crippen MR) is 133 cm³/mol. The summed E-state index contributed by atoms with van der Waals surface area (Å²) in [6, 6.07) is 17.0. The molecule has 35 heavy (non-hydrogen) atoms. The van der Waals surface area contributed by atoms with E-state index in [0.29, 0.717) is 16.6 Å². The number of Topliss-reactive ketones (excluding diaryl/α,β-unsaturated/α-hetero) is 1. The van der Waals surface area contributed by atoms with E-state index >= 15 is 0 Å². The van der Waals surface area contributed by atoms with E-state index in [-0.39, 0.29) is 22.2 Å². The summed E-state index contributed by atoms with van der Waals surface area (Å²) in [5, 5.41) is 22.9. The Balaban J connectivity index is 1.77. The summed E-state index contributed by atoms with van der Waals surface area (Å²) in [7, 11) is 0. The molecule has 0 aliphatic carbocycles. The molecule has 1 aliphatic rings. The van der Waals surface area contributed by atoms with Gasteiger partial charge in [0.05, 0.1) is 26.8 Å². The lowest BCUT2D eigenvalue weighted by Crippen LogP contribution is -2.29. The minimum absolute atomic E-state index is 0.145. The molecule has 0 spiro atoms. The maximum absolute atomic E-state index is 13.3. The largest absolute Gasteiger partial charge is 0.507 e. The Bertz CT molecular complexity index is 1560. The van der Waals surface area contributed by atoms with Crippen LogP contribution in [0.3, 0.4) is 0 Å². The number of nitro benzene ring substituents is 1. The van der Waals surface area contributed by atoms with Crippen LogP contribution in [0, 0.1) is 24.0 Å². The molecular formula is C26H19N3O5S. The van der Waals surface area contributed by atoms with Gasteiger partial charge in [-0.2, -0.15) is 0 Å². The van der Waals surface area contributed by atoms with Crippen molar-refractivity contribution >= 4 is 49.8 Å². The Labute approximate surface area is 203 Å². The van der Waals surface area contributed by atoms with Crippen molar-refractivity contribution in [2.45, 2.75) is 19.9 Å². The van der Waals surface area contributed by atoms with E-state index in [2.05, 4.69) is 4.98 Å². The van der Waals surface area contributed by atoms with E-state index in [1.54, 1.807) is 36.4 Å². The summed E-state index contributed by atoms with van der Waals surface area (Å²) in [4.78, 5) is 43.4. The molecule has 0 bridgehead atoms. The Kier molecular flexibility index (Phi) is 5.41. The number of non-ortho nitro benzene ring substituents is 1. The molecular weight excluding hydrogens is 466 g/mol. The summed E-state index contributed by atoms with van der Waals surface area (Å²) in [6.45, 7) is 3.88. The Morgan fingerprint density at radius 3 is 2.51 bits per heavy atom. The number of anilines is 1. The van der Waals surface area contributed by atoms with E-state index in [4.69, 9.17) is 0 Å². The van der Waals surface area contributed by atoms with Gasteiger partial charge in [-0.25, -0.2) is 4.98 Å². The Morgan fingerprint density at radius 2 is 1.80 bits per heavy atom. The molecule has 1 saturated heterocycles. The van der Waals surface area contributed by atoms with E-state index < -0.39 is 22.7 Å². The van der Waals surface area contributed by atoms with Crippen molar-refractivity contribution in [3.63, 3.8) is 0 Å². The summed E-state index contributed by atoms with van der Waals surface area (Å²) in [5.41, 5.74) is 3.01. The normalized spacial score (nSPS) is 17.3. The van der Waals surface area contributed by atoms with Gasteiger partial charge in [0.15, 0.2) is 5.13 Å². The van der Waals surface area contributed by atoms with Crippen molar-refractivity contribution in [2.24, 2.45) is 0 Å². The summed E-state index contributed by atoms with van der Waals surface area (Å²) in [5.74, 6) is -2.08. The molecule has 0 radical (unpaired) electrons. The zero-order valence-electron chi connectivity index (χ0n) is 18.8. The first-order valence-electron chi connectivity index (χ1n) is 10.7. The van der Waals surface area contributed by atoms with Crippen LogP contribution in [-0.4, -0.2) is 26.7 Å². The number of aliphatic hydroxyl groups is 1. The van der Waals surface area contributed by atoms with Crippen LogP contribution < -0.4 is 4.90 Å². The minimum atomic E-state index is -1.09. The van der Waals surface area contributed by atoms with E-state index in [1.807, 2.05) is 26.0 Å². The average Bonchev–Trinajstić information content (AvgIpc) is 3.38. The summed E-state index contributed by atoms with van der Waals surface area (Å²) < 4.78 is 0.847. The third kappa shape index (κ3) is 3.75. The van der Waals surface area contributed by atoms with Crippen molar-refractivity contribution < 1.29 is 19.6 Å². The first-order valence-corrected chi connectivity index (χ1v) is 11.6. The molecule has 1 N–H and O–H groups in total. The molecule has 4 aromatic rings. The van der Waals surface area contributed by atoms with Gasteiger partial charge in [0.25, 0.3) is 11.5 Å². The molecule has 1 aliphatic heterocycles. The molecule has 174 valence electrons. The van der Waals surface area contributed by atoms with Crippen molar-refractivity contribution in [1.29, 1.82) is 0 Å². The molecule has 0 saturated carbocycles. The second-order valence-electron chi connectivity index (χ2n) is 8.31. The number of aryl methyl sites for hydroxylation is 2. The smallest absolute Gasteiger partial charge is 0.301 e. The van der Waals surface area contributed by atoms with Crippen LogP contribution in [0.25, 0.3) is 16.0 Å². The van der Waals surface area contributed by atoms with Crippen LogP contribution in [0.2, 0.25) is 0 Å². The molecule has 3 aromatic carbocycles. The quantitative estimate of drug-likeness (QED) is 0.135. The lowest BCUT2D eigenvalue weighted by Gasteiger charge is -2.22. The monoisotopic (exact) mass is 485 g/mol. The lowest BCUT2D eigenvalue weighted by molar-refractivity contribution is -0.384. The van der Waals surface area contributed by atoms with Gasteiger partial charge in [-0.15, -0.1) is 0 Å². The van der Waals surface area contributed by atoms with Gasteiger partial charge in [-0.3, -0.25) is 24.6 Å². The number of ketones is 1. The highest BCUT2D eigenvalue weighted by atomic mass is 32.1. The van der Waals surface area contributed by atoms with Crippen LogP contribution in [-0.2, 0) is 9.59 Å². The first-order chi connectivity index (χ1) is 16.8.